The summed E-state index contributed by atoms with van der Waals surface area (Å²) in [5.41, 5.74) is 3.68. The van der Waals surface area contributed by atoms with E-state index in [1.165, 1.54) is 18.3 Å². The van der Waals surface area contributed by atoms with Crippen molar-refractivity contribution >= 4 is 22.5 Å². The minimum absolute atomic E-state index is 0.101. The third-order valence-electron chi connectivity index (χ3n) is 4.90. The summed E-state index contributed by atoms with van der Waals surface area (Å²) >= 11 is 0. The first-order chi connectivity index (χ1) is 13.9. The number of hydrogen-bond donors (Lipinski definition) is 2. The second-order valence-electron chi connectivity index (χ2n) is 7.11. The summed E-state index contributed by atoms with van der Waals surface area (Å²) in [6.45, 7) is 6.14. The number of hydrogen-bond acceptors (Lipinski definition) is 4. The van der Waals surface area contributed by atoms with Crippen molar-refractivity contribution in [2.75, 3.05) is 5.32 Å². The van der Waals surface area contributed by atoms with Crippen LogP contribution < -0.4 is 10.6 Å². The maximum Gasteiger partial charge on any atom is 0.251 e. The molecule has 0 spiro atoms. The molecule has 1 atom stereocenters. The van der Waals surface area contributed by atoms with Crippen LogP contribution in [0.1, 0.15) is 47.3 Å². The lowest BCUT2D eigenvalue weighted by Gasteiger charge is -2.14. The van der Waals surface area contributed by atoms with Gasteiger partial charge in [-0.15, -0.1) is 0 Å². The number of nitrogens with zero attached hydrogens (tertiary/aromatic N) is 2. The van der Waals surface area contributed by atoms with Gasteiger partial charge in [0.05, 0.1) is 16.8 Å². The molecule has 0 aliphatic carbocycles. The van der Waals surface area contributed by atoms with Gasteiger partial charge in [0.15, 0.2) is 0 Å². The normalized spacial score (nSPS) is 11.7. The standard InChI is InChI=1S/C23H23FN4O/c1-4-15(3)28-23(29)17-7-5-6-16(9-17)12-26-22-18(11-25)13-27-21-14(2)8-19(24)10-20(21)22/h5-10,13,15H,4,12H2,1-3H3,(H,26,27)(H,28,29). The maximum atomic E-state index is 14.0. The fourth-order valence-electron chi connectivity index (χ4n) is 3.13. The Bertz CT molecular complexity index is 1100. The van der Waals surface area contributed by atoms with Crippen LogP contribution in [0.4, 0.5) is 10.1 Å². The third-order valence-corrected chi connectivity index (χ3v) is 4.90. The fraction of sp³-hybridized carbons (Fsp3) is 0.261. The van der Waals surface area contributed by atoms with E-state index in [0.717, 1.165) is 12.0 Å². The SMILES string of the molecule is CCC(C)NC(=O)c1cccc(CNc2c(C#N)cnc3c(C)cc(F)cc23)c1. The average molecular weight is 390 g/mol. The average Bonchev–Trinajstić information content (AvgIpc) is 2.71. The van der Waals surface area contributed by atoms with Crippen LogP contribution in [-0.4, -0.2) is 16.9 Å². The van der Waals surface area contributed by atoms with E-state index < -0.39 is 0 Å². The monoisotopic (exact) mass is 390 g/mol. The van der Waals surface area contributed by atoms with Gasteiger partial charge in [-0.3, -0.25) is 9.78 Å². The summed E-state index contributed by atoms with van der Waals surface area (Å²) in [6.07, 6.45) is 2.35. The summed E-state index contributed by atoms with van der Waals surface area (Å²) in [5, 5.41) is 16.2. The number of fused-ring (bicyclic) bond motifs is 1. The minimum atomic E-state index is -0.376. The van der Waals surface area contributed by atoms with Crippen molar-refractivity contribution in [3.8, 4) is 6.07 Å². The quantitative estimate of drug-likeness (QED) is 0.640. The molecule has 0 aliphatic rings. The van der Waals surface area contributed by atoms with Crippen LogP contribution in [0.25, 0.3) is 10.9 Å². The molecule has 0 radical (unpaired) electrons. The molecule has 0 bridgehead atoms. The zero-order valence-electron chi connectivity index (χ0n) is 16.7. The lowest BCUT2D eigenvalue weighted by Crippen LogP contribution is -2.31. The Morgan fingerprint density at radius 1 is 1.31 bits per heavy atom. The molecule has 0 aliphatic heterocycles. The zero-order valence-corrected chi connectivity index (χ0v) is 16.7. The Labute approximate surface area is 169 Å². The number of nitrogens with one attached hydrogen (secondary N) is 2. The van der Waals surface area contributed by atoms with Crippen LogP contribution in [0.15, 0.2) is 42.6 Å². The van der Waals surface area contributed by atoms with Crippen LogP contribution in [0.2, 0.25) is 0 Å². The number of anilines is 1. The summed E-state index contributed by atoms with van der Waals surface area (Å²) in [6, 6.07) is 12.3. The van der Waals surface area contributed by atoms with Crippen molar-refractivity contribution in [2.24, 2.45) is 0 Å². The first-order valence-corrected chi connectivity index (χ1v) is 9.55. The van der Waals surface area contributed by atoms with Gasteiger partial charge in [-0.1, -0.05) is 19.1 Å². The van der Waals surface area contributed by atoms with E-state index in [0.29, 0.717) is 39.8 Å². The second-order valence-corrected chi connectivity index (χ2v) is 7.11. The number of benzene rings is 2. The number of rotatable bonds is 6. The van der Waals surface area contributed by atoms with Crippen molar-refractivity contribution < 1.29 is 9.18 Å². The molecule has 1 aromatic heterocycles. The van der Waals surface area contributed by atoms with Crippen LogP contribution >= 0.6 is 0 Å². The number of aromatic nitrogens is 1. The first-order valence-electron chi connectivity index (χ1n) is 9.55. The van der Waals surface area contributed by atoms with Crippen molar-refractivity contribution in [2.45, 2.75) is 39.8 Å². The number of nitriles is 1. The Hall–Kier alpha value is -3.46. The van der Waals surface area contributed by atoms with E-state index >= 15 is 0 Å². The van der Waals surface area contributed by atoms with Gasteiger partial charge < -0.3 is 10.6 Å². The number of aryl methyl sites for hydroxylation is 1. The predicted molar refractivity (Wildman–Crippen MR) is 112 cm³/mol. The van der Waals surface area contributed by atoms with Crippen LogP contribution in [0, 0.1) is 24.1 Å². The number of pyridine rings is 1. The van der Waals surface area contributed by atoms with Crippen molar-refractivity contribution in [3.05, 3.63) is 70.7 Å². The topological polar surface area (TPSA) is 77.8 Å². The molecule has 3 rings (SSSR count). The molecular formula is C23H23FN4O. The molecule has 148 valence electrons. The van der Waals surface area contributed by atoms with Gasteiger partial charge in [-0.25, -0.2) is 4.39 Å². The van der Waals surface area contributed by atoms with E-state index in [1.807, 2.05) is 32.0 Å². The second kappa shape index (κ2) is 8.70. The largest absolute Gasteiger partial charge is 0.379 e. The van der Waals surface area contributed by atoms with Gasteiger partial charge in [0.25, 0.3) is 5.91 Å². The Morgan fingerprint density at radius 3 is 2.83 bits per heavy atom. The summed E-state index contributed by atoms with van der Waals surface area (Å²) in [7, 11) is 0. The van der Waals surface area contributed by atoms with Gasteiger partial charge in [-0.05, 0) is 55.7 Å². The smallest absolute Gasteiger partial charge is 0.251 e. The molecule has 29 heavy (non-hydrogen) atoms. The van der Waals surface area contributed by atoms with Crippen molar-refractivity contribution in [1.29, 1.82) is 5.26 Å². The summed E-state index contributed by atoms with van der Waals surface area (Å²) in [5.74, 6) is -0.496. The molecule has 2 N–H and O–H groups in total. The van der Waals surface area contributed by atoms with Gasteiger partial charge in [0.1, 0.15) is 11.9 Å². The fourth-order valence-corrected chi connectivity index (χ4v) is 3.13. The van der Waals surface area contributed by atoms with Crippen LogP contribution in [0.3, 0.4) is 0 Å². The van der Waals surface area contributed by atoms with E-state index in [2.05, 4.69) is 21.7 Å². The number of halogens is 1. The predicted octanol–water partition coefficient (Wildman–Crippen LogP) is 4.69. The number of carbonyl (C=O) groups is 1. The van der Waals surface area contributed by atoms with Crippen molar-refractivity contribution in [3.63, 3.8) is 0 Å². The van der Waals surface area contributed by atoms with Gasteiger partial charge in [0, 0.05) is 29.7 Å². The molecule has 1 amide bonds. The summed E-state index contributed by atoms with van der Waals surface area (Å²) in [4.78, 5) is 16.7. The highest BCUT2D eigenvalue weighted by Crippen LogP contribution is 2.29. The van der Waals surface area contributed by atoms with E-state index in [1.54, 1.807) is 13.0 Å². The van der Waals surface area contributed by atoms with E-state index in [9.17, 15) is 14.4 Å². The molecule has 0 saturated carbocycles. The summed E-state index contributed by atoms with van der Waals surface area (Å²) < 4.78 is 14.0. The van der Waals surface area contributed by atoms with Gasteiger partial charge >= 0.3 is 0 Å². The van der Waals surface area contributed by atoms with Gasteiger partial charge in [0.2, 0.25) is 0 Å². The first kappa shape index (κ1) is 20.3. The maximum absolute atomic E-state index is 14.0. The van der Waals surface area contributed by atoms with Crippen LogP contribution in [0.5, 0.6) is 0 Å². The minimum Gasteiger partial charge on any atom is -0.379 e. The van der Waals surface area contributed by atoms with Crippen LogP contribution in [-0.2, 0) is 6.54 Å². The highest BCUT2D eigenvalue weighted by atomic mass is 19.1. The molecule has 2 aromatic carbocycles. The van der Waals surface area contributed by atoms with Gasteiger partial charge in [-0.2, -0.15) is 5.26 Å². The molecular weight excluding hydrogens is 367 g/mol. The molecule has 0 saturated heterocycles. The number of amides is 1. The molecule has 1 unspecified atom stereocenters. The Kier molecular flexibility index (Phi) is 6.08. The lowest BCUT2D eigenvalue weighted by atomic mass is 10.1. The lowest BCUT2D eigenvalue weighted by molar-refractivity contribution is 0.0939. The molecule has 5 nitrogen and oxygen atoms in total. The Morgan fingerprint density at radius 2 is 2.10 bits per heavy atom. The van der Waals surface area contributed by atoms with E-state index in [-0.39, 0.29) is 17.8 Å². The zero-order chi connectivity index (χ0) is 21.0. The molecule has 0 fully saturated rings. The molecule has 6 heteroatoms. The molecule has 3 aromatic rings. The third kappa shape index (κ3) is 4.52. The highest BCUT2D eigenvalue weighted by Gasteiger charge is 2.13. The number of carbonyl (C=O) groups excluding carboxylic acids is 1. The van der Waals surface area contributed by atoms with E-state index in [4.69, 9.17) is 0 Å². The highest BCUT2D eigenvalue weighted by molar-refractivity contribution is 5.96. The van der Waals surface area contributed by atoms with Crippen molar-refractivity contribution in [1.82, 2.24) is 10.3 Å². The Balaban J connectivity index is 1.89. The molecule has 1 heterocycles.